The van der Waals surface area contributed by atoms with Crippen molar-refractivity contribution < 1.29 is 19.0 Å². The molecule has 2 aromatic carbocycles. The lowest BCUT2D eigenvalue weighted by molar-refractivity contribution is -0.120. The van der Waals surface area contributed by atoms with Crippen molar-refractivity contribution in [2.24, 2.45) is 5.73 Å². The number of nitrogens with two attached hydrogens (primary N) is 1. The van der Waals surface area contributed by atoms with Crippen molar-refractivity contribution in [1.82, 2.24) is 5.32 Å². The van der Waals surface area contributed by atoms with E-state index in [9.17, 15) is 4.79 Å². The monoisotopic (exact) mass is 422 g/mol. The van der Waals surface area contributed by atoms with E-state index in [0.717, 1.165) is 11.1 Å². The zero-order valence-corrected chi connectivity index (χ0v) is 18.5. The molecule has 1 unspecified atom stereocenters. The fourth-order valence-electron chi connectivity index (χ4n) is 2.96. The molecule has 3 N–H and O–H groups in total. The van der Waals surface area contributed by atoms with Crippen molar-refractivity contribution in [2.45, 2.75) is 32.2 Å². The van der Waals surface area contributed by atoms with Crippen molar-refractivity contribution in [3.8, 4) is 17.2 Å². The molecule has 0 radical (unpaired) electrons. The Kier molecular flexibility index (Phi) is 9.78. The number of hydrogen-bond acceptors (Lipinski definition) is 5. The molecule has 0 aromatic heterocycles. The van der Waals surface area contributed by atoms with E-state index in [2.05, 4.69) is 31.3 Å². The minimum atomic E-state index is -0.259. The third-order valence-electron chi connectivity index (χ3n) is 4.64. The van der Waals surface area contributed by atoms with Gasteiger partial charge in [0.15, 0.2) is 11.5 Å². The molecule has 0 aliphatic carbocycles. The Morgan fingerprint density at radius 3 is 1.93 bits per heavy atom. The van der Waals surface area contributed by atoms with Crippen LogP contribution in [0.1, 0.15) is 42.5 Å². The van der Waals surface area contributed by atoms with Gasteiger partial charge in [-0.05, 0) is 34.7 Å². The molecule has 2 aromatic rings. The van der Waals surface area contributed by atoms with Crippen LogP contribution in [0.2, 0.25) is 0 Å². The van der Waals surface area contributed by atoms with E-state index in [0.29, 0.717) is 29.7 Å². The van der Waals surface area contributed by atoms with Crippen LogP contribution in [0.25, 0.3) is 0 Å². The van der Waals surface area contributed by atoms with Crippen molar-refractivity contribution >= 4 is 18.3 Å². The number of rotatable bonds is 9. The van der Waals surface area contributed by atoms with E-state index >= 15 is 0 Å². The maximum absolute atomic E-state index is 12.4. The fraction of sp³-hybridized carbons (Fsp3) is 0.409. The second kappa shape index (κ2) is 11.5. The molecule has 29 heavy (non-hydrogen) atoms. The first-order chi connectivity index (χ1) is 13.4. The second-order valence-electron chi connectivity index (χ2n) is 6.94. The van der Waals surface area contributed by atoms with Gasteiger partial charge in [-0.2, -0.15) is 0 Å². The summed E-state index contributed by atoms with van der Waals surface area (Å²) in [6, 6.07) is 11.5. The average molecular weight is 423 g/mol. The standard InChI is InChI=1S/C22H30N2O4.ClH/c1-14(2)16-6-8-17(9-7-16)18(23)13-24-21(25)12-15-10-19(26-3)22(28-5)20(11-15)27-4;/h6-11,14,18H,12-13,23H2,1-5H3,(H,24,25);1H. The molecule has 0 saturated heterocycles. The Hall–Kier alpha value is -2.44. The first-order valence-corrected chi connectivity index (χ1v) is 9.30. The lowest BCUT2D eigenvalue weighted by Crippen LogP contribution is -2.32. The summed E-state index contributed by atoms with van der Waals surface area (Å²) >= 11 is 0. The van der Waals surface area contributed by atoms with Gasteiger partial charge >= 0.3 is 0 Å². The van der Waals surface area contributed by atoms with Gasteiger partial charge in [0.2, 0.25) is 11.7 Å². The molecule has 0 heterocycles. The molecule has 0 aliphatic rings. The lowest BCUT2D eigenvalue weighted by Gasteiger charge is -2.16. The Morgan fingerprint density at radius 1 is 0.966 bits per heavy atom. The van der Waals surface area contributed by atoms with Crippen molar-refractivity contribution in [3.63, 3.8) is 0 Å². The second-order valence-corrected chi connectivity index (χ2v) is 6.94. The Balaban J connectivity index is 0.00000420. The van der Waals surface area contributed by atoms with Gasteiger partial charge in [-0.25, -0.2) is 0 Å². The minimum Gasteiger partial charge on any atom is -0.493 e. The van der Waals surface area contributed by atoms with Crippen LogP contribution in [-0.2, 0) is 11.2 Å². The number of benzene rings is 2. The summed E-state index contributed by atoms with van der Waals surface area (Å²) in [5, 5.41) is 2.89. The average Bonchev–Trinajstić information content (AvgIpc) is 2.71. The molecular formula is C22H31ClN2O4. The van der Waals surface area contributed by atoms with Gasteiger partial charge in [-0.15, -0.1) is 12.4 Å². The van der Waals surface area contributed by atoms with Gasteiger partial charge in [-0.3, -0.25) is 4.79 Å². The molecule has 160 valence electrons. The predicted octanol–water partition coefficient (Wildman–Crippen LogP) is 3.62. The van der Waals surface area contributed by atoms with E-state index < -0.39 is 0 Å². The third kappa shape index (κ3) is 6.54. The van der Waals surface area contributed by atoms with Gasteiger partial charge < -0.3 is 25.3 Å². The normalized spacial score (nSPS) is 11.4. The Bertz CT molecular complexity index is 769. The summed E-state index contributed by atoms with van der Waals surface area (Å²) in [6.45, 7) is 4.67. The summed E-state index contributed by atoms with van der Waals surface area (Å²) in [5.41, 5.74) is 9.25. The minimum absolute atomic E-state index is 0. The number of methoxy groups -OCH3 is 3. The molecule has 6 nitrogen and oxygen atoms in total. The van der Waals surface area contributed by atoms with Gasteiger partial charge in [0.1, 0.15) is 0 Å². The van der Waals surface area contributed by atoms with Gasteiger partial charge in [-0.1, -0.05) is 38.1 Å². The first kappa shape index (κ1) is 24.6. The van der Waals surface area contributed by atoms with Crippen LogP contribution in [0.15, 0.2) is 36.4 Å². The van der Waals surface area contributed by atoms with E-state index in [1.54, 1.807) is 33.5 Å². The topological polar surface area (TPSA) is 82.8 Å². The zero-order valence-electron chi connectivity index (χ0n) is 17.7. The summed E-state index contributed by atoms with van der Waals surface area (Å²) < 4.78 is 16.0. The number of halogens is 1. The highest BCUT2D eigenvalue weighted by Crippen LogP contribution is 2.38. The first-order valence-electron chi connectivity index (χ1n) is 9.30. The number of ether oxygens (including phenoxy) is 3. The summed E-state index contributed by atoms with van der Waals surface area (Å²) in [6.07, 6.45) is 0.190. The Morgan fingerprint density at radius 2 is 1.48 bits per heavy atom. The largest absolute Gasteiger partial charge is 0.493 e. The third-order valence-corrected chi connectivity index (χ3v) is 4.64. The van der Waals surface area contributed by atoms with Crippen LogP contribution < -0.4 is 25.3 Å². The maximum atomic E-state index is 12.4. The molecule has 1 amide bonds. The van der Waals surface area contributed by atoms with Gasteiger partial charge in [0, 0.05) is 12.6 Å². The van der Waals surface area contributed by atoms with Crippen LogP contribution >= 0.6 is 12.4 Å². The van der Waals surface area contributed by atoms with E-state index in [1.807, 2.05) is 12.1 Å². The summed E-state index contributed by atoms with van der Waals surface area (Å²) in [5.74, 6) is 1.89. The number of amides is 1. The fourth-order valence-corrected chi connectivity index (χ4v) is 2.96. The van der Waals surface area contributed by atoms with Crippen LogP contribution in [-0.4, -0.2) is 33.8 Å². The molecule has 2 rings (SSSR count). The predicted molar refractivity (Wildman–Crippen MR) is 118 cm³/mol. The highest BCUT2D eigenvalue weighted by atomic mass is 35.5. The smallest absolute Gasteiger partial charge is 0.224 e. The molecule has 0 fully saturated rings. The molecule has 0 bridgehead atoms. The number of carbonyl (C=O) groups is 1. The van der Waals surface area contributed by atoms with E-state index in [1.165, 1.54) is 5.56 Å². The van der Waals surface area contributed by atoms with Gasteiger partial charge in [0.05, 0.1) is 27.8 Å². The molecule has 1 atom stereocenters. The van der Waals surface area contributed by atoms with Crippen LogP contribution in [0, 0.1) is 0 Å². The molecule has 7 heteroatoms. The highest BCUT2D eigenvalue weighted by molar-refractivity contribution is 5.85. The molecule has 0 aliphatic heterocycles. The Labute approximate surface area is 179 Å². The lowest BCUT2D eigenvalue weighted by atomic mass is 9.99. The zero-order chi connectivity index (χ0) is 20.7. The molecule has 0 spiro atoms. The number of hydrogen-bond donors (Lipinski definition) is 2. The van der Waals surface area contributed by atoms with Crippen LogP contribution in [0.3, 0.4) is 0 Å². The number of carbonyl (C=O) groups excluding carboxylic acids is 1. The quantitative estimate of drug-likeness (QED) is 0.644. The van der Waals surface area contributed by atoms with Crippen molar-refractivity contribution in [3.05, 3.63) is 53.1 Å². The summed E-state index contributed by atoms with van der Waals surface area (Å²) in [7, 11) is 4.64. The van der Waals surface area contributed by atoms with Crippen LogP contribution in [0.5, 0.6) is 17.2 Å². The molecule has 0 saturated carbocycles. The van der Waals surface area contributed by atoms with E-state index in [-0.39, 0.29) is 30.8 Å². The van der Waals surface area contributed by atoms with Gasteiger partial charge in [0.25, 0.3) is 0 Å². The van der Waals surface area contributed by atoms with Crippen molar-refractivity contribution in [2.75, 3.05) is 27.9 Å². The SMILES string of the molecule is COc1cc(CC(=O)NCC(N)c2ccc(C(C)C)cc2)cc(OC)c1OC.Cl. The maximum Gasteiger partial charge on any atom is 0.224 e. The highest BCUT2D eigenvalue weighted by Gasteiger charge is 2.15. The molecular weight excluding hydrogens is 392 g/mol. The summed E-state index contributed by atoms with van der Waals surface area (Å²) in [4.78, 5) is 12.4. The van der Waals surface area contributed by atoms with Crippen LogP contribution in [0.4, 0.5) is 0 Å². The van der Waals surface area contributed by atoms with Crippen molar-refractivity contribution in [1.29, 1.82) is 0 Å². The number of nitrogens with one attached hydrogen (secondary N) is 1. The van der Waals surface area contributed by atoms with E-state index in [4.69, 9.17) is 19.9 Å².